The number of aromatic nitrogens is 2. The maximum atomic E-state index is 13.7. The molecule has 1 fully saturated rings. The standard InChI is InChI=1S/C24H31FN4O10/c1-3-10(2)17(27-21(35)13(26)6-11-4-5-14(30)15(31)7-11)23(36)38-9-16-18(32)19(33)22(39-16)29-8-12(25)20(34)28-24(29)37/h4-5,7-8,10,13,16-19,22,30-33H,3,6,9,26H2,1-2H3,(H,27,35)(H,28,34,37)/t10-,13-,16-,17-,18?,19?,22-/m0/s1. The molecule has 0 saturated carbocycles. The third kappa shape index (κ3) is 6.81. The molecule has 3 rings (SSSR count). The summed E-state index contributed by atoms with van der Waals surface area (Å²) in [6, 6.07) is 1.73. The topological polar surface area (TPSA) is 226 Å². The van der Waals surface area contributed by atoms with Gasteiger partial charge in [-0.2, -0.15) is 4.39 Å². The Morgan fingerprint density at radius 1 is 1.23 bits per heavy atom. The van der Waals surface area contributed by atoms with E-state index in [2.05, 4.69) is 5.32 Å². The molecule has 2 unspecified atom stereocenters. The normalized spacial score (nSPS) is 23.1. The number of aromatic amines is 1. The number of H-pyrrole nitrogens is 1. The second-order valence-electron chi connectivity index (χ2n) is 9.33. The summed E-state index contributed by atoms with van der Waals surface area (Å²) in [5, 5.41) is 42.2. The molecule has 1 aromatic carbocycles. The molecule has 2 heterocycles. The number of amides is 1. The molecule has 1 aromatic heterocycles. The number of aromatic hydroxyl groups is 2. The van der Waals surface area contributed by atoms with Crippen LogP contribution >= 0.6 is 0 Å². The van der Waals surface area contributed by atoms with Crippen molar-refractivity contribution in [2.24, 2.45) is 11.7 Å². The Morgan fingerprint density at radius 3 is 2.56 bits per heavy atom. The fourth-order valence-electron chi connectivity index (χ4n) is 3.97. The maximum Gasteiger partial charge on any atom is 0.330 e. The van der Waals surface area contributed by atoms with Crippen LogP contribution in [0.2, 0.25) is 0 Å². The van der Waals surface area contributed by atoms with Crippen molar-refractivity contribution in [1.82, 2.24) is 14.9 Å². The van der Waals surface area contributed by atoms with E-state index < -0.39 is 78.1 Å². The monoisotopic (exact) mass is 554 g/mol. The first-order valence-corrected chi connectivity index (χ1v) is 12.1. The summed E-state index contributed by atoms with van der Waals surface area (Å²) in [6.45, 7) is 2.88. The number of hydrogen-bond acceptors (Lipinski definition) is 11. The van der Waals surface area contributed by atoms with E-state index in [-0.39, 0.29) is 17.9 Å². The fourth-order valence-corrected chi connectivity index (χ4v) is 3.97. The SMILES string of the molecule is CC[C@H](C)[C@H](NC(=O)[C@@H](N)Cc1ccc(O)c(O)c1)C(=O)OC[C@@H]1O[C@H](n2cc(F)c(=O)[nH]c2=O)C(O)C1O. The molecule has 0 aliphatic carbocycles. The second-order valence-corrected chi connectivity index (χ2v) is 9.33. The van der Waals surface area contributed by atoms with E-state index in [1.165, 1.54) is 18.2 Å². The van der Waals surface area contributed by atoms with Crippen molar-refractivity contribution in [2.75, 3.05) is 6.61 Å². The second kappa shape index (κ2) is 12.4. The van der Waals surface area contributed by atoms with Gasteiger partial charge in [-0.05, 0) is 30.0 Å². The van der Waals surface area contributed by atoms with Gasteiger partial charge in [0.2, 0.25) is 11.7 Å². The third-order valence-electron chi connectivity index (χ3n) is 6.52. The number of nitrogens with one attached hydrogen (secondary N) is 2. The largest absolute Gasteiger partial charge is 0.504 e. The molecule has 39 heavy (non-hydrogen) atoms. The van der Waals surface area contributed by atoms with Crippen molar-refractivity contribution < 1.29 is 43.9 Å². The molecular weight excluding hydrogens is 523 g/mol. The minimum Gasteiger partial charge on any atom is -0.504 e. The van der Waals surface area contributed by atoms with E-state index in [9.17, 15) is 44.0 Å². The average Bonchev–Trinajstić information content (AvgIpc) is 3.17. The zero-order valence-electron chi connectivity index (χ0n) is 21.1. The van der Waals surface area contributed by atoms with Crippen LogP contribution in [0.25, 0.3) is 0 Å². The van der Waals surface area contributed by atoms with Crippen molar-refractivity contribution in [3.05, 3.63) is 56.6 Å². The van der Waals surface area contributed by atoms with Gasteiger partial charge in [0, 0.05) is 0 Å². The van der Waals surface area contributed by atoms with Crippen molar-refractivity contribution in [3.8, 4) is 11.5 Å². The lowest BCUT2D eigenvalue weighted by molar-refractivity contribution is -0.155. The van der Waals surface area contributed by atoms with E-state index in [4.69, 9.17) is 15.2 Å². The summed E-state index contributed by atoms with van der Waals surface area (Å²) in [5.74, 6) is -3.99. The number of aliphatic hydroxyl groups is 2. The Hall–Kier alpha value is -3.79. The molecule has 1 amide bonds. The van der Waals surface area contributed by atoms with Crippen molar-refractivity contribution in [1.29, 1.82) is 0 Å². The number of aliphatic hydroxyl groups excluding tert-OH is 2. The van der Waals surface area contributed by atoms with Crippen LogP contribution in [-0.4, -0.2) is 78.9 Å². The van der Waals surface area contributed by atoms with Crippen molar-refractivity contribution in [2.45, 2.75) is 63.3 Å². The van der Waals surface area contributed by atoms with Gasteiger partial charge in [-0.1, -0.05) is 26.3 Å². The van der Waals surface area contributed by atoms with Crippen molar-refractivity contribution >= 4 is 11.9 Å². The van der Waals surface area contributed by atoms with E-state index in [0.717, 1.165) is 0 Å². The summed E-state index contributed by atoms with van der Waals surface area (Å²) in [4.78, 5) is 50.6. The predicted octanol–water partition coefficient (Wildman–Crippen LogP) is -1.65. The number of rotatable bonds is 10. The number of esters is 1. The molecule has 1 aliphatic heterocycles. The molecule has 14 nitrogen and oxygen atoms in total. The predicted molar refractivity (Wildman–Crippen MR) is 131 cm³/mol. The third-order valence-corrected chi connectivity index (χ3v) is 6.52. The quantitative estimate of drug-likeness (QED) is 0.130. The van der Waals surface area contributed by atoms with Gasteiger partial charge < -0.3 is 41.0 Å². The van der Waals surface area contributed by atoms with Crippen LogP contribution in [0.4, 0.5) is 4.39 Å². The number of hydrogen-bond donors (Lipinski definition) is 7. The molecule has 214 valence electrons. The molecular formula is C24H31FN4O10. The van der Waals surface area contributed by atoms with Crippen LogP contribution in [0.1, 0.15) is 32.1 Å². The Labute approximate surface area is 220 Å². The average molecular weight is 555 g/mol. The zero-order valence-corrected chi connectivity index (χ0v) is 21.1. The van der Waals surface area contributed by atoms with Gasteiger partial charge in [0.15, 0.2) is 17.7 Å². The van der Waals surface area contributed by atoms with E-state index in [0.29, 0.717) is 22.7 Å². The van der Waals surface area contributed by atoms with Crippen molar-refractivity contribution in [3.63, 3.8) is 0 Å². The minimum absolute atomic E-state index is 0.00591. The summed E-state index contributed by atoms with van der Waals surface area (Å²) >= 11 is 0. The number of benzene rings is 1. The first-order chi connectivity index (χ1) is 18.3. The van der Waals surface area contributed by atoms with Gasteiger partial charge in [-0.25, -0.2) is 9.59 Å². The Morgan fingerprint density at radius 2 is 1.92 bits per heavy atom. The molecule has 15 heteroatoms. The number of phenols is 2. The molecule has 8 N–H and O–H groups in total. The highest BCUT2D eigenvalue weighted by Crippen LogP contribution is 2.29. The molecule has 0 radical (unpaired) electrons. The fraction of sp³-hybridized carbons (Fsp3) is 0.500. The first-order valence-electron chi connectivity index (χ1n) is 12.1. The molecule has 1 saturated heterocycles. The van der Waals surface area contributed by atoms with Crippen LogP contribution in [0.5, 0.6) is 11.5 Å². The number of phenolic OH excluding ortho intramolecular Hbond substituents is 2. The molecule has 1 aliphatic rings. The summed E-state index contributed by atoms with van der Waals surface area (Å²) in [5.41, 5.74) is 4.08. The van der Waals surface area contributed by atoms with E-state index in [1.807, 2.05) is 0 Å². The van der Waals surface area contributed by atoms with Crippen LogP contribution in [0.15, 0.2) is 34.0 Å². The van der Waals surface area contributed by atoms with E-state index >= 15 is 0 Å². The molecule has 0 spiro atoms. The van der Waals surface area contributed by atoms with Gasteiger partial charge >= 0.3 is 11.7 Å². The smallest absolute Gasteiger partial charge is 0.330 e. The number of carbonyl (C=O) groups is 2. The Kier molecular flexibility index (Phi) is 9.45. The maximum absolute atomic E-state index is 13.7. The lowest BCUT2D eigenvalue weighted by Crippen LogP contribution is -2.52. The Bertz CT molecular complexity index is 1310. The Balaban J connectivity index is 1.64. The molecule has 0 bridgehead atoms. The molecule has 7 atom stereocenters. The van der Waals surface area contributed by atoms with Crippen LogP contribution in [0, 0.1) is 11.7 Å². The van der Waals surface area contributed by atoms with Crippen LogP contribution in [-0.2, 0) is 25.5 Å². The number of nitrogens with zero attached hydrogens (tertiary/aromatic N) is 1. The number of ether oxygens (including phenoxy) is 2. The highest BCUT2D eigenvalue weighted by molar-refractivity contribution is 5.87. The van der Waals surface area contributed by atoms with Gasteiger partial charge in [0.05, 0.1) is 12.2 Å². The number of halogens is 1. The van der Waals surface area contributed by atoms with E-state index in [1.54, 1.807) is 18.8 Å². The lowest BCUT2D eigenvalue weighted by atomic mass is 9.98. The zero-order chi connectivity index (χ0) is 29.0. The number of carbonyl (C=O) groups excluding carboxylic acids is 2. The highest BCUT2D eigenvalue weighted by atomic mass is 19.1. The number of nitrogens with two attached hydrogens (primary N) is 1. The minimum atomic E-state index is -1.72. The van der Waals surface area contributed by atoms with Gasteiger partial charge in [0.1, 0.15) is 31.0 Å². The highest BCUT2D eigenvalue weighted by Gasteiger charge is 2.45. The summed E-state index contributed by atoms with van der Waals surface area (Å²) < 4.78 is 24.9. The van der Waals surface area contributed by atoms with Gasteiger partial charge in [-0.15, -0.1) is 0 Å². The van der Waals surface area contributed by atoms with Crippen LogP contribution in [0.3, 0.4) is 0 Å². The lowest BCUT2D eigenvalue weighted by Gasteiger charge is -2.25. The van der Waals surface area contributed by atoms with Gasteiger partial charge in [0.25, 0.3) is 5.56 Å². The first kappa shape index (κ1) is 29.8. The van der Waals surface area contributed by atoms with Crippen LogP contribution < -0.4 is 22.3 Å². The summed E-state index contributed by atoms with van der Waals surface area (Å²) in [7, 11) is 0. The molecule has 2 aromatic rings. The summed E-state index contributed by atoms with van der Waals surface area (Å²) in [6.07, 6.45) is -5.29. The van der Waals surface area contributed by atoms with Gasteiger partial charge in [-0.3, -0.25) is 19.1 Å².